The summed E-state index contributed by atoms with van der Waals surface area (Å²) in [7, 11) is 3.19. The van der Waals surface area contributed by atoms with Gasteiger partial charge in [-0.05, 0) is 87.5 Å². The summed E-state index contributed by atoms with van der Waals surface area (Å²) in [6, 6.07) is 17.0. The lowest BCUT2D eigenvalue weighted by molar-refractivity contribution is -0.109. The molecule has 0 radical (unpaired) electrons. The normalized spacial score (nSPS) is 12.2. The summed E-state index contributed by atoms with van der Waals surface area (Å²) < 4.78 is 19.6. The number of methoxy groups -OCH3 is 1. The second kappa shape index (κ2) is 19.1. The van der Waals surface area contributed by atoms with Gasteiger partial charge in [-0.1, -0.05) is 55.2 Å². The number of nitrogens with zero attached hydrogens (tertiary/aromatic N) is 3. The third-order valence-electron chi connectivity index (χ3n) is 7.23. The van der Waals surface area contributed by atoms with Crippen LogP contribution in [0, 0.1) is 11.7 Å². The molecule has 0 amide bonds. The quantitative estimate of drug-likeness (QED) is 0.0570. The number of ether oxygens (including phenoxy) is 1. The van der Waals surface area contributed by atoms with Crippen LogP contribution in [0.4, 0.5) is 21.5 Å². The van der Waals surface area contributed by atoms with E-state index in [1.54, 1.807) is 42.5 Å². The Labute approximate surface area is 276 Å². The Balaban J connectivity index is 0.000000761. The highest BCUT2D eigenvalue weighted by Crippen LogP contribution is 2.32. The first-order valence-corrected chi connectivity index (χ1v) is 15.5. The number of hydrazine groups is 1. The van der Waals surface area contributed by atoms with Gasteiger partial charge >= 0.3 is 5.97 Å². The minimum atomic E-state index is -0.647. The molecule has 0 aromatic heterocycles. The third-order valence-corrected chi connectivity index (χ3v) is 7.76. The van der Waals surface area contributed by atoms with Crippen molar-refractivity contribution in [3.63, 3.8) is 0 Å². The molecule has 2 atom stereocenters. The zero-order chi connectivity index (χ0) is 33.5. The van der Waals surface area contributed by atoms with Gasteiger partial charge in [0.2, 0.25) is 0 Å². The van der Waals surface area contributed by atoms with Gasteiger partial charge in [-0.3, -0.25) is 10.4 Å². The standard InChI is InChI=1S/C28H38ClFN4O3.C6H6ClN/c1-7-33(26-12-11-20(28(36)37-6)16-25(26)31-4)14-13-22(34(32-5)17-19(2)3)15-21(18-35)23-9-8-10-24(29)27(23)30;7-5-2-1-3-6(8)4-5/h8-12,16,18-19,21-22,32H,4,7,13-15,17H2,1-3,5-6H3;1-4H,8H2/t21?,22-;/m0./s1. The van der Waals surface area contributed by atoms with Gasteiger partial charge in [0.15, 0.2) is 0 Å². The second-order valence-corrected chi connectivity index (χ2v) is 11.7. The first kappa shape index (κ1) is 37.7. The molecule has 1 unspecified atom stereocenters. The van der Waals surface area contributed by atoms with Crippen LogP contribution in [0.1, 0.15) is 55.5 Å². The SMILES string of the molecule is C=Nc1cc(C(=O)OC)ccc1N(CC)CC[C@@H](CC(C=O)c1cccc(Cl)c1F)N(CC(C)C)NC.Nc1cccc(Cl)c1. The summed E-state index contributed by atoms with van der Waals surface area (Å²) in [5.41, 5.74) is 11.5. The molecule has 0 saturated carbocycles. The minimum Gasteiger partial charge on any atom is -0.465 e. The first-order chi connectivity index (χ1) is 21.5. The van der Waals surface area contributed by atoms with E-state index in [1.165, 1.54) is 13.2 Å². The zero-order valence-corrected chi connectivity index (χ0v) is 28.1. The largest absolute Gasteiger partial charge is 0.465 e. The maximum Gasteiger partial charge on any atom is 0.337 e. The van der Waals surface area contributed by atoms with E-state index in [4.69, 9.17) is 33.7 Å². The lowest BCUT2D eigenvalue weighted by Gasteiger charge is -2.35. The van der Waals surface area contributed by atoms with E-state index in [-0.39, 0.29) is 11.1 Å². The highest BCUT2D eigenvalue weighted by atomic mass is 35.5. The Morgan fingerprint density at radius 3 is 2.40 bits per heavy atom. The number of carbonyl (C=O) groups excluding carboxylic acids is 2. The lowest BCUT2D eigenvalue weighted by atomic mass is 9.91. The molecule has 0 saturated heterocycles. The summed E-state index contributed by atoms with van der Waals surface area (Å²) in [4.78, 5) is 30.4. The first-order valence-electron chi connectivity index (χ1n) is 14.8. The molecular weight excluding hydrogens is 616 g/mol. The molecule has 8 nitrogen and oxygen atoms in total. The number of hydrogen-bond donors (Lipinski definition) is 2. The van der Waals surface area contributed by atoms with Crippen molar-refractivity contribution < 1.29 is 18.7 Å². The fraction of sp³-hybridized carbons (Fsp3) is 0.382. The predicted molar refractivity (Wildman–Crippen MR) is 185 cm³/mol. The Morgan fingerprint density at radius 2 is 1.87 bits per heavy atom. The number of hydrogen-bond acceptors (Lipinski definition) is 8. The van der Waals surface area contributed by atoms with Crippen LogP contribution in [0.25, 0.3) is 0 Å². The van der Waals surface area contributed by atoms with E-state index in [0.717, 1.165) is 18.5 Å². The number of carbonyl (C=O) groups is 2. The number of halogens is 3. The van der Waals surface area contributed by atoms with Crippen LogP contribution in [0.3, 0.4) is 0 Å². The highest BCUT2D eigenvalue weighted by molar-refractivity contribution is 6.31. The Kier molecular flexibility index (Phi) is 16.0. The van der Waals surface area contributed by atoms with Crippen molar-refractivity contribution in [1.82, 2.24) is 10.4 Å². The van der Waals surface area contributed by atoms with Gasteiger partial charge < -0.3 is 20.2 Å². The van der Waals surface area contributed by atoms with E-state index in [0.29, 0.717) is 59.4 Å². The van der Waals surface area contributed by atoms with E-state index in [9.17, 15) is 14.0 Å². The van der Waals surface area contributed by atoms with Crippen LogP contribution in [0.15, 0.2) is 65.7 Å². The minimum absolute atomic E-state index is 0.00515. The Hall–Kier alpha value is -3.50. The molecular formula is C34H44Cl2FN5O3. The van der Waals surface area contributed by atoms with Crippen LogP contribution < -0.4 is 16.1 Å². The summed E-state index contributed by atoms with van der Waals surface area (Å²) in [5, 5.41) is 2.81. The van der Waals surface area contributed by atoms with E-state index in [1.807, 2.05) is 26.1 Å². The van der Waals surface area contributed by atoms with Crippen molar-refractivity contribution in [1.29, 1.82) is 0 Å². The van der Waals surface area contributed by atoms with E-state index >= 15 is 0 Å². The molecule has 0 heterocycles. The third kappa shape index (κ3) is 11.4. The van der Waals surface area contributed by atoms with Crippen molar-refractivity contribution in [2.24, 2.45) is 10.9 Å². The van der Waals surface area contributed by atoms with Crippen molar-refractivity contribution in [2.75, 3.05) is 44.4 Å². The van der Waals surface area contributed by atoms with Crippen LogP contribution in [-0.2, 0) is 9.53 Å². The maximum absolute atomic E-state index is 14.8. The fourth-order valence-corrected chi connectivity index (χ4v) is 5.38. The molecule has 3 aromatic rings. The molecule has 0 bridgehead atoms. The topological polar surface area (TPSA) is 100 Å². The molecule has 3 rings (SSSR count). The Morgan fingerprint density at radius 1 is 1.16 bits per heavy atom. The van der Waals surface area contributed by atoms with Gasteiger partial charge in [0, 0.05) is 42.3 Å². The average molecular weight is 661 g/mol. The molecule has 0 aliphatic heterocycles. The monoisotopic (exact) mass is 659 g/mol. The number of esters is 1. The van der Waals surface area contributed by atoms with Crippen LogP contribution >= 0.6 is 23.2 Å². The number of rotatable bonds is 15. The van der Waals surface area contributed by atoms with Crippen LogP contribution in [0.2, 0.25) is 10.0 Å². The average Bonchev–Trinajstić information content (AvgIpc) is 3.03. The van der Waals surface area contributed by atoms with E-state index in [2.05, 4.69) is 40.9 Å². The number of nitrogens with two attached hydrogens (primary N) is 1. The van der Waals surface area contributed by atoms with Crippen LogP contribution in [0.5, 0.6) is 0 Å². The molecule has 3 aromatic carbocycles. The van der Waals surface area contributed by atoms with Crippen LogP contribution in [-0.4, -0.2) is 63.8 Å². The highest BCUT2D eigenvalue weighted by Gasteiger charge is 2.27. The predicted octanol–water partition coefficient (Wildman–Crippen LogP) is 7.57. The maximum atomic E-state index is 14.8. The molecule has 11 heteroatoms. The molecule has 45 heavy (non-hydrogen) atoms. The van der Waals surface area contributed by atoms with Gasteiger partial charge in [0.05, 0.1) is 29.1 Å². The van der Waals surface area contributed by atoms with E-state index < -0.39 is 17.7 Å². The summed E-state index contributed by atoms with van der Waals surface area (Å²) >= 11 is 11.6. The molecule has 0 aliphatic carbocycles. The summed E-state index contributed by atoms with van der Waals surface area (Å²) in [6.07, 6.45) is 1.90. The molecule has 0 fully saturated rings. The van der Waals surface area contributed by atoms with Crippen molar-refractivity contribution in [3.8, 4) is 0 Å². The number of aldehydes is 1. The van der Waals surface area contributed by atoms with Crippen molar-refractivity contribution >= 4 is 59.2 Å². The van der Waals surface area contributed by atoms with Gasteiger partial charge in [-0.15, -0.1) is 0 Å². The molecule has 244 valence electrons. The van der Waals surface area contributed by atoms with Gasteiger partial charge in [-0.2, -0.15) is 0 Å². The van der Waals surface area contributed by atoms with Crippen molar-refractivity contribution in [3.05, 3.63) is 87.7 Å². The number of nitrogen functional groups attached to an aromatic ring is 1. The van der Waals surface area contributed by atoms with Gasteiger partial charge in [-0.25, -0.2) is 14.2 Å². The molecule has 3 N–H and O–H groups in total. The van der Waals surface area contributed by atoms with Crippen molar-refractivity contribution in [2.45, 2.75) is 45.6 Å². The number of anilines is 2. The summed E-state index contributed by atoms with van der Waals surface area (Å²) in [5.74, 6) is -1.27. The number of aliphatic imine (C=N–C) groups is 1. The zero-order valence-electron chi connectivity index (χ0n) is 26.6. The fourth-order valence-electron chi connectivity index (χ4n) is 5.00. The number of nitrogens with one attached hydrogen (secondary N) is 1. The summed E-state index contributed by atoms with van der Waals surface area (Å²) in [6.45, 7) is 12.0. The number of benzene rings is 3. The van der Waals surface area contributed by atoms with Gasteiger partial charge in [0.1, 0.15) is 12.1 Å². The molecule has 0 aliphatic rings. The second-order valence-electron chi connectivity index (χ2n) is 10.8. The molecule has 0 spiro atoms. The lowest BCUT2D eigenvalue weighted by Crippen LogP contribution is -2.47. The Bertz CT molecular complexity index is 1390. The van der Waals surface area contributed by atoms with Gasteiger partial charge in [0.25, 0.3) is 0 Å². The smallest absolute Gasteiger partial charge is 0.337 e.